The van der Waals surface area contributed by atoms with Gasteiger partial charge in [-0.3, -0.25) is 0 Å². The van der Waals surface area contributed by atoms with Gasteiger partial charge in [-0.1, -0.05) is 51.7 Å². The van der Waals surface area contributed by atoms with E-state index >= 15 is 0 Å². The van der Waals surface area contributed by atoms with Crippen molar-refractivity contribution in [2.45, 2.75) is 69.3 Å². The molecule has 6 heteroatoms. The molecule has 1 heterocycles. The zero-order chi connectivity index (χ0) is 23.5. The zero-order valence-electron chi connectivity index (χ0n) is 19.7. The maximum atomic E-state index is 13.7. The largest absolute Gasteiger partial charge is 0.508 e. The van der Waals surface area contributed by atoms with Crippen molar-refractivity contribution in [2.75, 3.05) is 24.7 Å². The summed E-state index contributed by atoms with van der Waals surface area (Å²) in [7, 11) is 0.218. The van der Waals surface area contributed by atoms with Crippen molar-refractivity contribution in [3.05, 3.63) is 53.6 Å². The quantitative estimate of drug-likeness (QED) is 0.574. The van der Waals surface area contributed by atoms with Crippen LogP contribution < -0.4 is 4.90 Å². The highest BCUT2D eigenvalue weighted by Gasteiger charge is 2.49. The Kier molecular flexibility index (Phi) is 7.56. The van der Waals surface area contributed by atoms with Crippen LogP contribution in [0.25, 0.3) is 0 Å². The first-order valence-corrected chi connectivity index (χ1v) is 13.3. The number of hydrogen-bond donors (Lipinski definition) is 2. The number of phenolic OH excluding ortho intramolecular Hbond substituents is 1. The number of benzene rings is 2. The Labute approximate surface area is 193 Å². The van der Waals surface area contributed by atoms with E-state index in [-0.39, 0.29) is 11.5 Å². The summed E-state index contributed by atoms with van der Waals surface area (Å²) in [6.07, 6.45) is 4.05. The van der Waals surface area contributed by atoms with E-state index in [9.17, 15) is 18.6 Å². The summed E-state index contributed by atoms with van der Waals surface area (Å²) in [6.45, 7) is 4.19. The fraction of sp³-hybridized carbons (Fsp3) is 0.538. The molecule has 176 valence electrons. The van der Waals surface area contributed by atoms with Gasteiger partial charge in [0.25, 0.3) is 0 Å². The van der Waals surface area contributed by atoms with Crippen LogP contribution >= 0.6 is 0 Å². The van der Waals surface area contributed by atoms with Crippen LogP contribution in [0.3, 0.4) is 0 Å². The van der Waals surface area contributed by atoms with Crippen molar-refractivity contribution >= 4 is 15.5 Å². The first-order chi connectivity index (χ1) is 15.1. The number of rotatable bonds is 8. The Morgan fingerprint density at radius 2 is 1.69 bits per heavy atom. The molecule has 0 spiro atoms. The maximum Gasteiger partial charge on any atom is 0.179 e. The van der Waals surface area contributed by atoms with E-state index in [4.69, 9.17) is 0 Å². The van der Waals surface area contributed by atoms with Crippen LogP contribution in [0.1, 0.15) is 69.4 Å². The number of phenols is 1. The molecule has 1 aliphatic heterocycles. The summed E-state index contributed by atoms with van der Waals surface area (Å²) in [5.74, 6) is -0.479. The summed E-state index contributed by atoms with van der Waals surface area (Å²) in [6, 6.07) is 12.3. The SMILES string of the molecule is CCCCC1(CCCC)CS(=O)(=O)c2ccc(N(C)C)cc2[C@@H](c2cccc(O)c2)[C@H]1O. The number of fused-ring (bicyclic) bond motifs is 1. The Hall–Kier alpha value is -2.05. The van der Waals surface area contributed by atoms with Gasteiger partial charge in [0.15, 0.2) is 9.84 Å². The molecule has 0 bridgehead atoms. The third-order valence-corrected chi connectivity index (χ3v) is 8.88. The van der Waals surface area contributed by atoms with Crippen molar-refractivity contribution < 1.29 is 18.6 Å². The van der Waals surface area contributed by atoms with Gasteiger partial charge in [0.05, 0.1) is 16.8 Å². The Morgan fingerprint density at radius 3 is 2.25 bits per heavy atom. The van der Waals surface area contributed by atoms with Crippen LogP contribution in [0.2, 0.25) is 0 Å². The molecule has 0 saturated carbocycles. The van der Waals surface area contributed by atoms with Gasteiger partial charge < -0.3 is 15.1 Å². The van der Waals surface area contributed by atoms with Gasteiger partial charge in [-0.25, -0.2) is 8.42 Å². The average molecular weight is 460 g/mol. The Bertz CT molecular complexity index is 1020. The molecule has 2 N–H and O–H groups in total. The first-order valence-electron chi connectivity index (χ1n) is 11.7. The molecule has 0 saturated heterocycles. The van der Waals surface area contributed by atoms with Crippen LogP contribution in [-0.2, 0) is 9.84 Å². The van der Waals surface area contributed by atoms with Gasteiger partial charge in [-0.15, -0.1) is 0 Å². The van der Waals surface area contributed by atoms with Crippen molar-refractivity contribution in [1.82, 2.24) is 0 Å². The number of sulfone groups is 1. The molecule has 5 nitrogen and oxygen atoms in total. The van der Waals surface area contributed by atoms with E-state index in [2.05, 4.69) is 13.8 Å². The van der Waals surface area contributed by atoms with E-state index in [1.807, 2.05) is 37.2 Å². The van der Waals surface area contributed by atoms with E-state index in [0.29, 0.717) is 23.3 Å². The first kappa shape index (κ1) is 24.6. The average Bonchev–Trinajstić information content (AvgIpc) is 2.82. The van der Waals surface area contributed by atoms with Crippen molar-refractivity contribution in [3.8, 4) is 5.75 Å². The second kappa shape index (κ2) is 9.84. The van der Waals surface area contributed by atoms with Gasteiger partial charge in [0, 0.05) is 31.1 Å². The van der Waals surface area contributed by atoms with Crippen LogP contribution in [0.5, 0.6) is 5.75 Å². The van der Waals surface area contributed by atoms with Crippen LogP contribution in [-0.4, -0.2) is 44.6 Å². The highest BCUT2D eigenvalue weighted by atomic mass is 32.2. The van der Waals surface area contributed by atoms with Gasteiger partial charge in [-0.2, -0.15) is 0 Å². The van der Waals surface area contributed by atoms with Crippen molar-refractivity contribution in [3.63, 3.8) is 0 Å². The molecule has 0 fully saturated rings. The van der Waals surface area contributed by atoms with Gasteiger partial charge in [0.2, 0.25) is 0 Å². The molecule has 2 aromatic rings. The summed E-state index contributed by atoms with van der Waals surface area (Å²) in [4.78, 5) is 2.23. The lowest BCUT2D eigenvalue weighted by molar-refractivity contribution is 0.0127. The molecule has 0 aromatic heterocycles. The van der Waals surface area contributed by atoms with E-state index in [0.717, 1.165) is 36.9 Å². The standard InChI is InChI=1S/C26H37NO4S/c1-5-7-14-26(15-8-6-2)18-32(30,31)23-13-12-20(27(3)4)17-22(23)24(25(26)29)19-10-9-11-21(28)16-19/h9-13,16-17,24-25,28-29H,5-8,14-15,18H2,1-4H3/t24-,25-/m1/s1. The minimum Gasteiger partial charge on any atom is -0.508 e. The molecular weight excluding hydrogens is 422 g/mol. The van der Waals surface area contributed by atoms with Crippen LogP contribution in [0.4, 0.5) is 5.69 Å². The predicted molar refractivity (Wildman–Crippen MR) is 130 cm³/mol. The number of aromatic hydroxyl groups is 1. The molecule has 2 atom stereocenters. The third-order valence-electron chi connectivity index (χ3n) is 6.89. The second-order valence-corrected chi connectivity index (χ2v) is 11.4. The number of aliphatic hydroxyl groups excluding tert-OH is 1. The maximum absolute atomic E-state index is 13.7. The van der Waals surface area contributed by atoms with E-state index < -0.39 is 27.3 Å². The Morgan fingerprint density at radius 1 is 1.03 bits per heavy atom. The highest BCUT2D eigenvalue weighted by Crippen LogP contribution is 2.50. The lowest BCUT2D eigenvalue weighted by atomic mass is 9.68. The monoisotopic (exact) mass is 459 g/mol. The molecule has 0 amide bonds. The summed E-state index contributed by atoms with van der Waals surface area (Å²) in [5.41, 5.74) is 1.50. The van der Waals surface area contributed by atoms with Crippen molar-refractivity contribution in [1.29, 1.82) is 0 Å². The van der Waals surface area contributed by atoms with Gasteiger partial charge in [0.1, 0.15) is 5.75 Å². The van der Waals surface area contributed by atoms with Gasteiger partial charge in [-0.05, 0) is 54.3 Å². The molecule has 0 unspecified atom stereocenters. The number of nitrogens with zero attached hydrogens (tertiary/aromatic N) is 1. The van der Waals surface area contributed by atoms with E-state index in [1.165, 1.54) is 0 Å². The molecule has 2 aromatic carbocycles. The minimum atomic E-state index is -3.61. The lowest BCUT2D eigenvalue weighted by Crippen LogP contribution is -2.43. The molecule has 0 radical (unpaired) electrons. The van der Waals surface area contributed by atoms with Gasteiger partial charge >= 0.3 is 0 Å². The topological polar surface area (TPSA) is 77.8 Å². The normalized spacial score (nSPS) is 21.5. The fourth-order valence-corrected chi connectivity index (χ4v) is 7.30. The molecule has 3 rings (SSSR count). The number of aliphatic hydroxyl groups is 1. The molecule has 1 aliphatic rings. The second-order valence-electron chi connectivity index (χ2n) is 9.46. The highest BCUT2D eigenvalue weighted by molar-refractivity contribution is 7.91. The smallest absolute Gasteiger partial charge is 0.179 e. The number of anilines is 1. The van der Waals surface area contributed by atoms with Crippen molar-refractivity contribution in [2.24, 2.45) is 5.41 Å². The Balaban J connectivity index is 2.31. The molecule has 0 aliphatic carbocycles. The van der Waals surface area contributed by atoms with E-state index in [1.54, 1.807) is 24.3 Å². The summed E-state index contributed by atoms with van der Waals surface area (Å²) in [5, 5.41) is 22.2. The summed E-state index contributed by atoms with van der Waals surface area (Å²) < 4.78 is 27.5. The lowest BCUT2D eigenvalue weighted by Gasteiger charge is -2.40. The zero-order valence-corrected chi connectivity index (χ0v) is 20.5. The third kappa shape index (κ3) is 4.81. The predicted octanol–water partition coefficient (Wildman–Crippen LogP) is 5.11. The summed E-state index contributed by atoms with van der Waals surface area (Å²) >= 11 is 0. The fourth-order valence-electron chi connectivity index (χ4n) is 5.11. The van der Waals surface area contributed by atoms with Crippen LogP contribution in [0, 0.1) is 5.41 Å². The van der Waals surface area contributed by atoms with Crippen LogP contribution in [0.15, 0.2) is 47.4 Å². The molecular formula is C26H37NO4S. The minimum absolute atomic E-state index is 0.0508. The number of unbranched alkanes of at least 4 members (excludes halogenated alkanes) is 2. The number of hydrogen-bond acceptors (Lipinski definition) is 5. The molecule has 32 heavy (non-hydrogen) atoms.